The first-order valence-corrected chi connectivity index (χ1v) is 12.4. The summed E-state index contributed by atoms with van der Waals surface area (Å²) in [6.45, 7) is 2.64. The maximum Gasteiger partial charge on any atom is 0.240 e. The molecule has 0 radical (unpaired) electrons. The molecule has 3 heterocycles. The Bertz CT molecular complexity index is 1070. The van der Waals surface area contributed by atoms with Gasteiger partial charge in [0.05, 0.1) is 10.5 Å². The second-order valence-electron chi connectivity index (χ2n) is 8.31. The van der Waals surface area contributed by atoms with Crippen LogP contribution in [0.25, 0.3) is 0 Å². The van der Waals surface area contributed by atoms with Crippen molar-refractivity contribution >= 4 is 21.7 Å². The van der Waals surface area contributed by atoms with E-state index in [0.717, 1.165) is 31.7 Å². The van der Waals surface area contributed by atoms with Crippen LogP contribution in [0.2, 0.25) is 0 Å². The van der Waals surface area contributed by atoms with Crippen LogP contribution in [0.15, 0.2) is 53.6 Å². The topological polar surface area (TPSA) is 106 Å². The number of nitrogens with one attached hydrogen (secondary N) is 1. The number of carbonyl (C=O) groups excluding carboxylic acids is 1. The summed E-state index contributed by atoms with van der Waals surface area (Å²) in [5.74, 6) is 0.991. The van der Waals surface area contributed by atoms with Gasteiger partial charge in [0.25, 0.3) is 0 Å². The lowest BCUT2D eigenvalue weighted by Gasteiger charge is -2.37. The molecule has 0 atom stereocenters. The summed E-state index contributed by atoms with van der Waals surface area (Å²) in [4.78, 5) is 21.7. The molecular weight excluding hydrogens is 426 g/mol. The lowest BCUT2D eigenvalue weighted by atomic mass is 9.94. The molecule has 0 unspecified atom stereocenters. The highest BCUT2D eigenvalue weighted by atomic mass is 32.2. The Labute approximate surface area is 188 Å². The predicted molar refractivity (Wildman–Crippen MR) is 120 cm³/mol. The van der Waals surface area contributed by atoms with Crippen LogP contribution in [0.3, 0.4) is 0 Å². The first-order valence-electron chi connectivity index (χ1n) is 10.9. The van der Waals surface area contributed by atoms with Crippen molar-refractivity contribution in [1.82, 2.24) is 14.6 Å². The van der Waals surface area contributed by atoms with Crippen LogP contribution in [0.5, 0.6) is 0 Å². The third-order valence-electron chi connectivity index (χ3n) is 6.23. The lowest BCUT2D eigenvalue weighted by molar-refractivity contribution is -0.137. The van der Waals surface area contributed by atoms with Crippen molar-refractivity contribution in [1.29, 1.82) is 5.26 Å². The first-order chi connectivity index (χ1) is 15.5. The van der Waals surface area contributed by atoms with Gasteiger partial charge in [0.15, 0.2) is 0 Å². The number of piperidine rings is 2. The normalized spacial score (nSPS) is 18.3. The summed E-state index contributed by atoms with van der Waals surface area (Å²) in [5.41, 5.74) is 0.535. The van der Waals surface area contributed by atoms with Crippen molar-refractivity contribution in [3.05, 3.63) is 54.2 Å². The molecule has 2 aliphatic rings. The Balaban J connectivity index is 1.25. The number of nitriles is 1. The molecule has 1 aromatic carbocycles. The molecule has 32 heavy (non-hydrogen) atoms. The smallest absolute Gasteiger partial charge is 0.240 e. The molecule has 2 aromatic rings. The fraction of sp³-hybridized carbons (Fsp3) is 0.435. The number of benzene rings is 1. The molecule has 0 saturated carbocycles. The molecule has 0 spiro atoms. The standard InChI is InChI=1S/C23H27N5O3S/c24-16-18-6-7-22(25-17-18)27-12-8-19(9-13-27)23(29)28-14-10-20(11-15-28)26-32(30,31)21-4-2-1-3-5-21/h1-7,17,19-20,26H,8-15H2. The zero-order valence-electron chi connectivity index (χ0n) is 17.9. The number of sulfonamides is 1. The summed E-state index contributed by atoms with van der Waals surface area (Å²) in [6.07, 6.45) is 4.34. The van der Waals surface area contributed by atoms with Gasteiger partial charge < -0.3 is 9.80 Å². The number of aromatic nitrogens is 1. The number of hydrogen-bond donors (Lipinski definition) is 1. The number of likely N-dealkylation sites (tertiary alicyclic amines) is 1. The third kappa shape index (κ3) is 5.09. The molecule has 2 aliphatic heterocycles. The molecule has 2 saturated heterocycles. The minimum Gasteiger partial charge on any atom is -0.357 e. The third-order valence-corrected chi connectivity index (χ3v) is 7.76. The fourth-order valence-corrected chi connectivity index (χ4v) is 5.68. The second-order valence-corrected chi connectivity index (χ2v) is 10.0. The molecule has 4 rings (SSSR count). The number of nitrogens with zero attached hydrogens (tertiary/aromatic N) is 4. The maximum atomic E-state index is 13.0. The molecule has 2 fully saturated rings. The molecule has 8 nitrogen and oxygen atoms in total. The number of carbonyl (C=O) groups is 1. The van der Waals surface area contributed by atoms with E-state index in [1.54, 1.807) is 42.6 Å². The van der Waals surface area contributed by atoms with Crippen LogP contribution in [0, 0.1) is 17.2 Å². The van der Waals surface area contributed by atoms with Crippen LogP contribution in [-0.4, -0.2) is 56.4 Å². The molecule has 1 aromatic heterocycles. The Morgan fingerprint density at radius 1 is 1.00 bits per heavy atom. The van der Waals surface area contributed by atoms with Crippen LogP contribution < -0.4 is 9.62 Å². The van der Waals surface area contributed by atoms with E-state index in [2.05, 4.69) is 20.7 Å². The summed E-state index contributed by atoms with van der Waals surface area (Å²) in [7, 11) is -3.54. The van der Waals surface area contributed by atoms with E-state index in [4.69, 9.17) is 5.26 Å². The van der Waals surface area contributed by atoms with Crippen molar-refractivity contribution in [3.63, 3.8) is 0 Å². The first kappa shape index (κ1) is 22.2. The van der Waals surface area contributed by atoms with E-state index in [-0.39, 0.29) is 22.8 Å². The van der Waals surface area contributed by atoms with E-state index in [1.165, 1.54) is 0 Å². The Morgan fingerprint density at radius 2 is 1.69 bits per heavy atom. The minimum absolute atomic E-state index is 0.0119. The number of anilines is 1. The predicted octanol–water partition coefficient (Wildman–Crippen LogP) is 2.14. The van der Waals surface area contributed by atoms with Crippen LogP contribution in [0.4, 0.5) is 5.82 Å². The second kappa shape index (κ2) is 9.67. The summed E-state index contributed by atoms with van der Waals surface area (Å²) in [5, 5.41) is 8.90. The average molecular weight is 454 g/mol. The van der Waals surface area contributed by atoms with Gasteiger partial charge in [-0.3, -0.25) is 4.79 Å². The quantitative estimate of drug-likeness (QED) is 0.743. The molecule has 0 bridgehead atoms. The van der Waals surface area contributed by atoms with E-state index >= 15 is 0 Å². The fourth-order valence-electron chi connectivity index (χ4n) is 4.36. The van der Waals surface area contributed by atoms with Gasteiger partial charge in [-0.2, -0.15) is 5.26 Å². The van der Waals surface area contributed by atoms with Gasteiger partial charge >= 0.3 is 0 Å². The largest absolute Gasteiger partial charge is 0.357 e. The zero-order chi connectivity index (χ0) is 22.6. The van der Waals surface area contributed by atoms with Gasteiger partial charge in [0, 0.05) is 44.3 Å². The van der Waals surface area contributed by atoms with Crippen LogP contribution in [-0.2, 0) is 14.8 Å². The number of amides is 1. The van der Waals surface area contributed by atoms with E-state index in [0.29, 0.717) is 31.5 Å². The van der Waals surface area contributed by atoms with Crippen molar-refractivity contribution < 1.29 is 13.2 Å². The summed E-state index contributed by atoms with van der Waals surface area (Å²) in [6, 6.07) is 13.9. The summed E-state index contributed by atoms with van der Waals surface area (Å²) < 4.78 is 27.8. The highest BCUT2D eigenvalue weighted by Gasteiger charge is 2.32. The number of rotatable bonds is 5. The van der Waals surface area contributed by atoms with Crippen LogP contribution >= 0.6 is 0 Å². The maximum absolute atomic E-state index is 13.0. The van der Waals surface area contributed by atoms with Gasteiger partial charge in [-0.1, -0.05) is 18.2 Å². The molecule has 1 N–H and O–H groups in total. The monoisotopic (exact) mass is 453 g/mol. The zero-order valence-corrected chi connectivity index (χ0v) is 18.7. The van der Waals surface area contributed by atoms with E-state index in [9.17, 15) is 13.2 Å². The molecule has 168 valence electrons. The van der Waals surface area contributed by atoms with Crippen molar-refractivity contribution in [2.24, 2.45) is 5.92 Å². The SMILES string of the molecule is N#Cc1ccc(N2CCC(C(=O)N3CCC(NS(=O)(=O)c4ccccc4)CC3)CC2)nc1. The highest BCUT2D eigenvalue weighted by molar-refractivity contribution is 7.89. The molecule has 1 amide bonds. The van der Waals surface area contributed by atoms with Gasteiger partial charge in [-0.15, -0.1) is 0 Å². The average Bonchev–Trinajstić information content (AvgIpc) is 2.84. The molecule has 0 aliphatic carbocycles. The van der Waals surface area contributed by atoms with Crippen LogP contribution in [0.1, 0.15) is 31.2 Å². The van der Waals surface area contributed by atoms with Crippen molar-refractivity contribution in [2.45, 2.75) is 36.6 Å². The van der Waals surface area contributed by atoms with Gasteiger partial charge in [0.1, 0.15) is 11.9 Å². The van der Waals surface area contributed by atoms with Gasteiger partial charge in [-0.25, -0.2) is 18.1 Å². The van der Waals surface area contributed by atoms with Crippen molar-refractivity contribution in [3.8, 4) is 6.07 Å². The molecule has 9 heteroatoms. The summed E-state index contributed by atoms with van der Waals surface area (Å²) >= 11 is 0. The lowest BCUT2D eigenvalue weighted by Crippen LogP contribution is -2.49. The van der Waals surface area contributed by atoms with E-state index < -0.39 is 10.0 Å². The van der Waals surface area contributed by atoms with Crippen molar-refractivity contribution in [2.75, 3.05) is 31.1 Å². The van der Waals surface area contributed by atoms with E-state index in [1.807, 2.05) is 11.0 Å². The van der Waals surface area contributed by atoms with Gasteiger partial charge in [-0.05, 0) is 49.9 Å². The highest BCUT2D eigenvalue weighted by Crippen LogP contribution is 2.25. The Morgan fingerprint density at radius 3 is 2.28 bits per heavy atom. The minimum atomic E-state index is -3.54. The molecular formula is C23H27N5O3S. The van der Waals surface area contributed by atoms with Gasteiger partial charge in [0.2, 0.25) is 15.9 Å². The Kier molecular flexibility index (Phi) is 6.72. The number of hydrogen-bond acceptors (Lipinski definition) is 6. The number of pyridine rings is 1. The Hall–Kier alpha value is -2.96.